The Morgan fingerprint density at radius 1 is 1.39 bits per heavy atom. The van der Waals surface area contributed by atoms with Gasteiger partial charge in [0.2, 0.25) is 0 Å². The van der Waals surface area contributed by atoms with Gasteiger partial charge in [0.25, 0.3) is 5.56 Å². The van der Waals surface area contributed by atoms with E-state index >= 15 is 0 Å². The van der Waals surface area contributed by atoms with Crippen LogP contribution in [0.5, 0.6) is 0 Å². The molecule has 0 saturated carbocycles. The van der Waals surface area contributed by atoms with Crippen molar-refractivity contribution >= 4 is 22.5 Å². The van der Waals surface area contributed by atoms with Crippen molar-refractivity contribution in [1.29, 1.82) is 5.26 Å². The number of fused-ring (bicyclic) bond motifs is 3. The highest BCUT2D eigenvalue weighted by molar-refractivity contribution is 5.81. The van der Waals surface area contributed by atoms with Crippen LogP contribution in [0.4, 0.5) is 0 Å². The third kappa shape index (κ3) is 2.14. The number of hydrogen-bond donors (Lipinski definition) is 1. The highest BCUT2D eigenvalue weighted by Gasteiger charge is 2.25. The number of carbonyl (C=O) groups is 1. The van der Waals surface area contributed by atoms with Crippen molar-refractivity contribution in [2.45, 2.75) is 19.9 Å². The van der Waals surface area contributed by atoms with Crippen LogP contribution in [0.25, 0.3) is 16.6 Å². The van der Waals surface area contributed by atoms with Gasteiger partial charge in [-0.3, -0.25) is 4.79 Å². The molecule has 3 heterocycles. The van der Waals surface area contributed by atoms with E-state index in [1.165, 1.54) is 27.7 Å². The van der Waals surface area contributed by atoms with Crippen molar-refractivity contribution < 1.29 is 9.90 Å². The third-order valence-electron chi connectivity index (χ3n) is 3.73. The first kappa shape index (κ1) is 14.7. The van der Waals surface area contributed by atoms with Gasteiger partial charge >= 0.3 is 5.97 Å². The summed E-state index contributed by atoms with van der Waals surface area (Å²) in [6.07, 6.45) is 4.17. The summed E-state index contributed by atoms with van der Waals surface area (Å²) in [5, 5.41) is 22.7. The summed E-state index contributed by atoms with van der Waals surface area (Å²) < 4.78 is 2.60. The zero-order valence-electron chi connectivity index (χ0n) is 12.5. The van der Waals surface area contributed by atoms with Gasteiger partial charge in [-0.2, -0.15) is 10.4 Å². The van der Waals surface area contributed by atoms with Crippen LogP contribution in [0.15, 0.2) is 29.5 Å². The number of rotatable bonds is 3. The number of aromatic nitrogens is 4. The van der Waals surface area contributed by atoms with E-state index in [0.717, 1.165) is 0 Å². The quantitative estimate of drug-likeness (QED) is 0.777. The Kier molecular flexibility index (Phi) is 3.33. The van der Waals surface area contributed by atoms with E-state index in [0.29, 0.717) is 16.7 Å². The Hall–Kier alpha value is -3.21. The van der Waals surface area contributed by atoms with E-state index in [4.69, 9.17) is 5.26 Å². The molecule has 0 fully saturated rings. The Bertz CT molecular complexity index is 1030. The number of carboxylic acid groups (broad SMARTS) is 1. The maximum absolute atomic E-state index is 12.7. The van der Waals surface area contributed by atoms with Gasteiger partial charge in [-0.05, 0) is 12.0 Å². The van der Waals surface area contributed by atoms with Crippen LogP contribution in [0.1, 0.15) is 25.5 Å². The molecule has 0 aliphatic heterocycles. The molecule has 0 saturated heterocycles. The minimum absolute atomic E-state index is 0.250. The number of carboxylic acids is 1. The molecule has 0 amide bonds. The summed E-state index contributed by atoms with van der Waals surface area (Å²) in [6, 6.07) is 2.63. The minimum atomic E-state index is -1.07. The van der Waals surface area contributed by atoms with Gasteiger partial charge in [0, 0.05) is 12.4 Å². The summed E-state index contributed by atoms with van der Waals surface area (Å²) >= 11 is 0. The third-order valence-corrected chi connectivity index (χ3v) is 3.73. The first-order valence-electron chi connectivity index (χ1n) is 6.96. The summed E-state index contributed by atoms with van der Waals surface area (Å²) in [5.41, 5.74) is 0.690. The zero-order valence-corrected chi connectivity index (χ0v) is 12.5. The number of pyridine rings is 1. The van der Waals surface area contributed by atoms with Crippen LogP contribution in [-0.2, 0) is 4.79 Å². The number of aliphatic carboxylic acids is 1. The molecule has 0 aliphatic carbocycles. The lowest BCUT2D eigenvalue weighted by atomic mass is 10.0. The van der Waals surface area contributed by atoms with Gasteiger partial charge in [0.15, 0.2) is 5.65 Å². The lowest BCUT2D eigenvalue weighted by Gasteiger charge is -2.19. The molecule has 23 heavy (non-hydrogen) atoms. The summed E-state index contributed by atoms with van der Waals surface area (Å²) in [6.45, 7) is 3.48. The first-order chi connectivity index (χ1) is 11.0. The second-order valence-corrected chi connectivity index (χ2v) is 5.52. The lowest BCUT2D eigenvalue weighted by Crippen LogP contribution is -2.33. The first-order valence-corrected chi connectivity index (χ1v) is 6.96. The van der Waals surface area contributed by atoms with E-state index in [-0.39, 0.29) is 11.3 Å². The monoisotopic (exact) mass is 311 g/mol. The standard InChI is InChI=1S/C15H13N5O3/c1-8(2)12(15(22)23)19-4-3-11-10(14(19)21)7-17-13-9(5-16)6-18-20(11)13/h3-4,6-8,12H,1-2H3,(H,22,23)/t12-/m0/s1. The predicted molar refractivity (Wildman–Crippen MR) is 81.0 cm³/mol. The van der Waals surface area contributed by atoms with Gasteiger partial charge in [-0.25, -0.2) is 14.3 Å². The van der Waals surface area contributed by atoms with E-state index < -0.39 is 17.6 Å². The molecule has 3 rings (SSSR count). The predicted octanol–water partition coefficient (Wildman–Crippen LogP) is 1.20. The van der Waals surface area contributed by atoms with Gasteiger partial charge in [0.1, 0.15) is 17.7 Å². The van der Waals surface area contributed by atoms with Crippen LogP contribution in [-0.4, -0.2) is 30.2 Å². The van der Waals surface area contributed by atoms with Gasteiger partial charge < -0.3 is 9.67 Å². The molecule has 0 bridgehead atoms. The van der Waals surface area contributed by atoms with Crippen molar-refractivity contribution in [3.63, 3.8) is 0 Å². The molecule has 0 aromatic carbocycles. The topological polar surface area (TPSA) is 113 Å². The number of nitrogens with zero attached hydrogens (tertiary/aromatic N) is 5. The molecular weight excluding hydrogens is 298 g/mol. The molecule has 8 nitrogen and oxygen atoms in total. The summed E-state index contributed by atoms with van der Waals surface area (Å²) in [4.78, 5) is 28.2. The molecule has 0 spiro atoms. The lowest BCUT2D eigenvalue weighted by molar-refractivity contribution is -0.142. The van der Waals surface area contributed by atoms with Crippen LogP contribution in [0, 0.1) is 17.2 Å². The molecule has 3 aromatic heterocycles. The number of nitriles is 1. The van der Waals surface area contributed by atoms with E-state index in [1.54, 1.807) is 19.9 Å². The highest BCUT2D eigenvalue weighted by atomic mass is 16.4. The fourth-order valence-electron chi connectivity index (χ4n) is 2.65. The molecule has 116 valence electrons. The SMILES string of the molecule is CC(C)[C@@H](C(=O)O)n1ccc2c(cnc3c(C#N)cnn32)c1=O. The van der Waals surface area contributed by atoms with Crippen LogP contribution < -0.4 is 5.56 Å². The fourth-order valence-corrected chi connectivity index (χ4v) is 2.65. The molecular formula is C15H13N5O3. The summed E-state index contributed by atoms with van der Waals surface area (Å²) in [7, 11) is 0. The van der Waals surface area contributed by atoms with Crippen molar-refractivity contribution in [3.8, 4) is 6.07 Å². The van der Waals surface area contributed by atoms with E-state index in [1.807, 2.05) is 6.07 Å². The summed E-state index contributed by atoms with van der Waals surface area (Å²) in [5.74, 6) is -1.32. The molecule has 1 N–H and O–H groups in total. The second kappa shape index (κ2) is 5.21. The van der Waals surface area contributed by atoms with Gasteiger partial charge in [-0.15, -0.1) is 0 Å². The Labute approximate surface area is 130 Å². The Balaban J connectivity index is 2.33. The average Bonchev–Trinajstić information content (AvgIpc) is 2.92. The fraction of sp³-hybridized carbons (Fsp3) is 0.267. The van der Waals surface area contributed by atoms with E-state index in [9.17, 15) is 14.7 Å². The molecule has 3 aromatic rings. The molecule has 0 aliphatic rings. The average molecular weight is 311 g/mol. The van der Waals surface area contributed by atoms with Crippen molar-refractivity contribution in [2.24, 2.45) is 5.92 Å². The van der Waals surface area contributed by atoms with Crippen LogP contribution in [0.2, 0.25) is 0 Å². The normalized spacial score (nSPS) is 12.6. The maximum atomic E-state index is 12.7. The highest BCUT2D eigenvalue weighted by Crippen LogP contribution is 2.19. The minimum Gasteiger partial charge on any atom is -0.480 e. The Morgan fingerprint density at radius 3 is 2.74 bits per heavy atom. The van der Waals surface area contributed by atoms with Gasteiger partial charge in [0.05, 0.1) is 17.1 Å². The smallest absolute Gasteiger partial charge is 0.327 e. The molecule has 0 unspecified atom stereocenters. The molecule has 1 atom stereocenters. The van der Waals surface area contributed by atoms with Gasteiger partial charge in [-0.1, -0.05) is 13.8 Å². The van der Waals surface area contributed by atoms with Crippen molar-refractivity contribution in [2.75, 3.05) is 0 Å². The van der Waals surface area contributed by atoms with Crippen molar-refractivity contribution in [3.05, 3.63) is 40.6 Å². The molecule has 8 heteroatoms. The zero-order chi connectivity index (χ0) is 16.7. The van der Waals surface area contributed by atoms with Crippen LogP contribution >= 0.6 is 0 Å². The molecule has 0 radical (unpaired) electrons. The number of hydrogen-bond acceptors (Lipinski definition) is 5. The van der Waals surface area contributed by atoms with Crippen molar-refractivity contribution in [1.82, 2.24) is 19.2 Å². The Morgan fingerprint density at radius 2 is 2.13 bits per heavy atom. The largest absolute Gasteiger partial charge is 0.480 e. The van der Waals surface area contributed by atoms with Crippen LogP contribution in [0.3, 0.4) is 0 Å². The maximum Gasteiger partial charge on any atom is 0.327 e. The van der Waals surface area contributed by atoms with E-state index in [2.05, 4.69) is 10.1 Å². The second-order valence-electron chi connectivity index (χ2n) is 5.52.